The van der Waals surface area contributed by atoms with Crippen LogP contribution >= 0.6 is 11.3 Å². The number of hydrogen-bond donors (Lipinski definition) is 2. The van der Waals surface area contributed by atoms with Crippen molar-refractivity contribution in [2.24, 2.45) is 0 Å². The van der Waals surface area contributed by atoms with E-state index in [1.54, 1.807) is 23.6 Å². The highest BCUT2D eigenvalue weighted by molar-refractivity contribution is 7.22. The van der Waals surface area contributed by atoms with Crippen LogP contribution in [0.1, 0.15) is 29.0 Å². The highest BCUT2D eigenvalue weighted by Crippen LogP contribution is 2.32. The van der Waals surface area contributed by atoms with E-state index >= 15 is 0 Å². The lowest BCUT2D eigenvalue weighted by Gasteiger charge is -2.14. The number of likely N-dealkylation sites (tertiary alicyclic amines) is 1. The Balaban J connectivity index is 1.58. The molecule has 0 aromatic carbocycles. The van der Waals surface area contributed by atoms with Gasteiger partial charge in [0, 0.05) is 41.1 Å². The van der Waals surface area contributed by atoms with E-state index in [9.17, 15) is 9.59 Å². The normalized spacial score (nSPS) is 14.2. The number of H-pyrrole nitrogens is 1. The minimum absolute atomic E-state index is 0.0137. The summed E-state index contributed by atoms with van der Waals surface area (Å²) < 4.78 is 1.03. The van der Waals surface area contributed by atoms with Gasteiger partial charge in [-0.3, -0.25) is 14.6 Å². The molecule has 0 bridgehead atoms. The predicted molar refractivity (Wildman–Crippen MR) is 99.1 cm³/mol. The molecule has 6 nitrogen and oxygen atoms in total. The Morgan fingerprint density at radius 2 is 2.12 bits per heavy atom. The largest absolute Gasteiger partial charge is 0.371 e. The number of hydrogen-bond acceptors (Lipinski definition) is 5. The smallest absolute Gasteiger partial charge is 0.273 e. The van der Waals surface area contributed by atoms with Crippen molar-refractivity contribution in [2.75, 3.05) is 18.4 Å². The van der Waals surface area contributed by atoms with Crippen molar-refractivity contribution < 1.29 is 4.79 Å². The standard InChI is InChI=1S/C18H18N4O2S/c23-15-5-3-4-12(21-15)11-20-16-10-13-14(25-16)6-7-19-17(13)18(24)22-8-1-2-9-22/h3-7,10,20H,1-2,8-9,11H2,(H,21,23). The fraction of sp³-hybridized carbons (Fsp3) is 0.278. The van der Waals surface area contributed by atoms with Crippen molar-refractivity contribution in [1.29, 1.82) is 0 Å². The molecule has 25 heavy (non-hydrogen) atoms. The number of nitrogens with zero attached hydrogens (tertiary/aromatic N) is 2. The summed E-state index contributed by atoms with van der Waals surface area (Å²) in [5.41, 5.74) is 1.23. The van der Waals surface area contributed by atoms with E-state index in [1.165, 1.54) is 6.07 Å². The lowest BCUT2D eigenvalue weighted by atomic mass is 10.2. The third kappa shape index (κ3) is 3.28. The number of nitrogens with one attached hydrogen (secondary N) is 2. The molecule has 0 aliphatic carbocycles. The van der Waals surface area contributed by atoms with Crippen LogP contribution in [0.25, 0.3) is 10.1 Å². The SMILES string of the molecule is O=C(c1nccc2sc(NCc3cccc(=O)[nH]3)cc12)N1CCCC1. The molecule has 0 spiro atoms. The molecular formula is C18H18N4O2S. The average Bonchev–Trinajstić information content (AvgIpc) is 3.28. The van der Waals surface area contributed by atoms with Gasteiger partial charge in [-0.05, 0) is 31.0 Å². The Labute approximate surface area is 148 Å². The Hall–Kier alpha value is -2.67. The van der Waals surface area contributed by atoms with Gasteiger partial charge in [-0.1, -0.05) is 6.07 Å². The maximum Gasteiger partial charge on any atom is 0.273 e. The number of aromatic amines is 1. The molecule has 3 aromatic heterocycles. The van der Waals surface area contributed by atoms with Crippen molar-refractivity contribution in [1.82, 2.24) is 14.9 Å². The predicted octanol–water partition coefficient (Wildman–Crippen LogP) is 2.83. The van der Waals surface area contributed by atoms with Crippen molar-refractivity contribution in [3.63, 3.8) is 0 Å². The third-order valence-electron chi connectivity index (χ3n) is 4.32. The second-order valence-electron chi connectivity index (χ2n) is 6.08. The molecule has 3 aromatic rings. The Kier molecular flexibility index (Phi) is 4.23. The molecule has 7 heteroatoms. The summed E-state index contributed by atoms with van der Waals surface area (Å²) in [6.07, 6.45) is 3.82. The van der Waals surface area contributed by atoms with Gasteiger partial charge in [0.2, 0.25) is 5.56 Å². The minimum atomic E-state index is -0.113. The van der Waals surface area contributed by atoms with Crippen LogP contribution in [0.4, 0.5) is 5.00 Å². The summed E-state index contributed by atoms with van der Waals surface area (Å²) >= 11 is 1.58. The molecule has 1 amide bonds. The molecule has 0 unspecified atom stereocenters. The van der Waals surface area contributed by atoms with Gasteiger partial charge in [0.15, 0.2) is 0 Å². The Morgan fingerprint density at radius 3 is 2.92 bits per heavy atom. The van der Waals surface area contributed by atoms with Crippen molar-refractivity contribution >= 4 is 32.3 Å². The van der Waals surface area contributed by atoms with Gasteiger partial charge in [-0.25, -0.2) is 0 Å². The van der Waals surface area contributed by atoms with Crippen LogP contribution in [0.2, 0.25) is 0 Å². The second kappa shape index (κ2) is 6.68. The first kappa shape index (κ1) is 15.8. The van der Waals surface area contributed by atoms with E-state index in [1.807, 2.05) is 23.1 Å². The van der Waals surface area contributed by atoms with Crippen molar-refractivity contribution in [3.05, 3.63) is 58.3 Å². The van der Waals surface area contributed by atoms with E-state index in [4.69, 9.17) is 0 Å². The molecule has 1 fully saturated rings. The second-order valence-corrected chi connectivity index (χ2v) is 7.16. The number of rotatable bonds is 4. The van der Waals surface area contributed by atoms with E-state index in [2.05, 4.69) is 15.3 Å². The van der Waals surface area contributed by atoms with Gasteiger partial charge in [0.1, 0.15) is 5.69 Å². The molecular weight excluding hydrogens is 336 g/mol. The highest BCUT2D eigenvalue weighted by atomic mass is 32.1. The van der Waals surface area contributed by atoms with Gasteiger partial charge in [-0.15, -0.1) is 11.3 Å². The topological polar surface area (TPSA) is 78.1 Å². The summed E-state index contributed by atoms with van der Waals surface area (Å²) in [6, 6.07) is 8.99. The number of anilines is 1. The molecule has 0 radical (unpaired) electrons. The molecule has 1 aliphatic rings. The quantitative estimate of drug-likeness (QED) is 0.755. The molecule has 2 N–H and O–H groups in total. The van der Waals surface area contributed by atoms with Crippen LogP contribution in [-0.4, -0.2) is 33.9 Å². The maximum atomic E-state index is 12.7. The summed E-state index contributed by atoms with van der Waals surface area (Å²) in [7, 11) is 0. The van der Waals surface area contributed by atoms with Crippen LogP contribution in [0.3, 0.4) is 0 Å². The lowest BCUT2D eigenvalue weighted by Crippen LogP contribution is -2.28. The molecule has 4 rings (SSSR count). The number of aromatic nitrogens is 2. The third-order valence-corrected chi connectivity index (χ3v) is 5.38. The average molecular weight is 354 g/mol. The Bertz CT molecular complexity index is 972. The molecule has 1 saturated heterocycles. The highest BCUT2D eigenvalue weighted by Gasteiger charge is 2.23. The number of carbonyl (C=O) groups excluding carboxylic acids is 1. The van der Waals surface area contributed by atoms with Crippen LogP contribution in [0.5, 0.6) is 0 Å². The first-order valence-corrected chi connectivity index (χ1v) is 9.12. The van der Waals surface area contributed by atoms with E-state index in [-0.39, 0.29) is 11.5 Å². The zero-order valence-electron chi connectivity index (χ0n) is 13.6. The van der Waals surface area contributed by atoms with Gasteiger partial charge < -0.3 is 15.2 Å². The maximum absolute atomic E-state index is 12.7. The van der Waals surface area contributed by atoms with Crippen molar-refractivity contribution in [3.8, 4) is 0 Å². The van der Waals surface area contributed by atoms with Crippen LogP contribution in [0.15, 0.2) is 41.3 Å². The monoisotopic (exact) mass is 354 g/mol. The number of fused-ring (bicyclic) bond motifs is 1. The van der Waals surface area contributed by atoms with Crippen molar-refractivity contribution in [2.45, 2.75) is 19.4 Å². The molecule has 128 valence electrons. The first-order chi connectivity index (χ1) is 12.2. The van der Waals surface area contributed by atoms with Gasteiger partial charge in [0.05, 0.1) is 11.5 Å². The van der Waals surface area contributed by atoms with Gasteiger partial charge >= 0.3 is 0 Å². The van der Waals surface area contributed by atoms with Crippen LogP contribution in [-0.2, 0) is 6.54 Å². The number of pyridine rings is 2. The number of carbonyl (C=O) groups is 1. The van der Waals surface area contributed by atoms with Crippen LogP contribution < -0.4 is 10.9 Å². The lowest BCUT2D eigenvalue weighted by molar-refractivity contribution is 0.0789. The van der Waals surface area contributed by atoms with Gasteiger partial charge in [-0.2, -0.15) is 0 Å². The minimum Gasteiger partial charge on any atom is -0.371 e. The Morgan fingerprint density at radius 1 is 1.28 bits per heavy atom. The van der Waals surface area contributed by atoms with Crippen LogP contribution in [0, 0.1) is 0 Å². The zero-order chi connectivity index (χ0) is 17.2. The van der Waals surface area contributed by atoms with E-state index < -0.39 is 0 Å². The zero-order valence-corrected chi connectivity index (χ0v) is 14.4. The fourth-order valence-electron chi connectivity index (χ4n) is 3.07. The molecule has 4 heterocycles. The number of amides is 1. The number of thiophene rings is 1. The fourth-order valence-corrected chi connectivity index (χ4v) is 4.02. The summed E-state index contributed by atoms with van der Waals surface area (Å²) in [5, 5.41) is 5.14. The van der Waals surface area contributed by atoms with E-state index in [0.717, 1.165) is 46.7 Å². The van der Waals surface area contributed by atoms with E-state index in [0.29, 0.717) is 12.2 Å². The summed E-state index contributed by atoms with van der Waals surface area (Å²) in [5.74, 6) is 0.0137. The van der Waals surface area contributed by atoms with Gasteiger partial charge in [0.25, 0.3) is 5.91 Å². The summed E-state index contributed by atoms with van der Waals surface area (Å²) in [6.45, 7) is 2.15. The molecule has 0 atom stereocenters. The molecule has 0 saturated carbocycles. The molecule has 1 aliphatic heterocycles. The first-order valence-electron chi connectivity index (χ1n) is 8.30. The summed E-state index contributed by atoms with van der Waals surface area (Å²) in [4.78, 5) is 33.1.